The Kier molecular flexibility index (Phi) is 3.89. The molecule has 0 saturated carbocycles. The molecule has 98 valence electrons. The zero-order valence-electron chi connectivity index (χ0n) is 11.1. The van der Waals surface area contributed by atoms with Crippen molar-refractivity contribution < 1.29 is 13.9 Å². The van der Waals surface area contributed by atoms with Crippen molar-refractivity contribution in [2.75, 3.05) is 14.2 Å². The molecule has 0 atom stereocenters. The van der Waals surface area contributed by atoms with E-state index in [4.69, 9.17) is 19.6 Å². The zero-order chi connectivity index (χ0) is 13.1. The minimum atomic E-state index is 0.359. The van der Waals surface area contributed by atoms with Crippen LogP contribution < -0.4 is 10.5 Å². The summed E-state index contributed by atoms with van der Waals surface area (Å²) < 4.78 is 16.4. The van der Waals surface area contributed by atoms with Crippen LogP contribution in [0.2, 0.25) is 0 Å². The fourth-order valence-electron chi connectivity index (χ4n) is 2.15. The number of hydrogen-bond acceptors (Lipinski definition) is 4. The van der Waals surface area contributed by atoms with Gasteiger partial charge in [0.25, 0.3) is 0 Å². The van der Waals surface area contributed by atoms with Gasteiger partial charge in [-0.1, -0.05) is 6.92 Å². The molecule has 4 heteroatoms. The van der Waals surface area contributed by atoms with Crippen LogP contribution in [0.5, 0.6) is 5.75 Å². The highest BCUT2D eigenvalue weighted by molar-refractivity contribution is 5.88. The molecule has 4 nitrogen and oxygen atoms in total. The SMILES string of the molecule is CCc1cc(OC)c2oc(CN)c(COC)c2c1. The highest BCUT2D eigenvalue weighted by Gasteiger charge is 2.17. The summed E-state index contributed by atoms with van der Waals surface area (Å²) in [6.45, 7) is 2.97. The molecule has 2 N–H and O–H groups in total. The maximum absolute atomic E-state index is 5.79. The van der Waals surface area contributed by atoms with Crippen molar-refractivity contribution in [1.82, 2.24) is 0 Å². The topological polar surface area (TPSA) is 57.6 Å². The molecule has 1 aromatic heterocycles. The number of hydrogen-bond donors (Lipinski definition) is 1. The van der Waals surface area contributed by atoms with E-state index in [0.29, 0.717) is 13.2 Å². The molecule has 0 amide bonds. The van der Waals surface area contributed by atoms with E-state index in [9.17, 15) is 0 Å². The lowest BCUT2D eigenvalue weighted by Gasteiger charge is -2.04. The molecule has 1 aromatic carbocycles. The molecule has 2 aromatic rings. The van der Waals surface area contributed by atoms with Gasteiger partial charge in [0.15, 0.2) is 11.3 Å². The van der Waals surface area contributed by atoms with Gasteiger partial charge in [0.1, 0.15) is 5.76 Å². The lowest BCUT2D eigenvalue weighted by atomic mass is 10.1. The van der Waals surface area contributed by atoms with E-state index in [1.54, 1.807) is 14.2 Å². The fraction of sp³-hybridized carbons (Fsp3) is 0.429. The monoisotopic (exact) mass is 249 g/mol. The van der Waals surface area contributed by atoms with Crippen molar-refractivity contribution in [2.45, 2.75) is 26.5 Å². The highest BCUT2D eigenvalue weighted by Crippen LogP contribution is 2.34. The fourth-order valence-corrected chi connectivity index (χ4v) is 2.15. The maximum Gasteiger partial charge on any atom is 0.176 e. The van der Waals surface area contributed by atoms with Crippen LogP contribution in [0.1, 0.15) is 23.8 Å². The molecule has 0 aliphatic carbocycles. The summed E-state index contributed by atoms with van der Waals surface area (Å²) in [7, 11) is 3.31. The highest BCUT2D eigenvalue weighted by atomic mass is 16.5. The largest absolute Gasteiger partial charge is 0.493 e. The summed E-state index contributed by atoms with van der Waals surface area (Å²) in [5.74, 6) is 1.51. The van der Waals surface area contributed by atoms with E-state index in [1.807, 2.05) is 6.07 Å². The van der Waals surface area contributed by atoms with Gasteiger partial charge in [-0.25, -0.2) is 0 Å². The predicted octanol–water partition coefficient (Wildman–Crippen LogP) is 2.61. The third-order valence-corrected chi connectivity index (χ3v) is 3.10. The quantitative estimate of drug-likeness (QED) is 0.885. The average Bonchev–Trinajstić information content (AvgIpc) is 2.76. The number of benzene rings is 1. The molecule has 0 spiro atoms. The van der Waals surface area contributed by atoms with Gasteiger partial charge in [-0.15, -0.1) is 0 Å². The van der Waals surface area contributed by atoms with E-state index >= 15 is 0 Å². The molecular formula is C14H19NO3. The van der Waals surface area contributed by atoms with Crippen LogP contribution in [0.3, 0.4) is 0 Å². The summed E-state index contributed by atoms with van der Waals surface area (Å²) in [5.41, 5.74) is 8.70. The molecule has 0 aliphatic heterocycles. The molecule has 1 heterocycles. The van der Waals surface area contributed by atoms with Crippen molar-refractivity contribution >= 4 is 11.0 Å². The first kappa shape index (κ1) is 12.9. The molecule has 2 rings (SSSR count). The minimum absolute atomic E-state index is 0.359. The summed E-state index contributed by atoms with van der Waals surface area (Å²) in [6, 6.07) is 4.12. The van der Waals surface area contributed by atoms with E-state index in [0.717, 1.165) is 34.5 Å². The lowest BCUT2D eigenvalue weighted by Crippen LogP contribution is -1.99. The first-order valence-electron chi connectivity index (χ1n) is 6.05. The molecule has 0 bridgehead atoms. The van der Waals surface area contributed by atoms with Crippen LogP contribution in [-0.2, 0) is 24.3 Å². The van der Waals surface area contributed by atoms with Crippen LogP contribution in [0.15, 0.2) is 16.5 Å². The Morgan fingerprint density at radius 1 is 1.28 bits per heavy atom. The second-order valence-corrected chi connectivity index (χ2v) is 4.17. The van der Waals surface area contributed by atoms with Gasteiger partial charge >= 0.3 is 0 Å². The van der Waals surface area contributed by atoms with Gasteiger partial charge in [0.05, 0.1) is 20.3 Å². The number of aryl methyl sites for hydroxylation is 1. The Morgan fingerprint density at radius 2 is 2.06 bits per heavy atom. The normalized spacial score (nSPS) is 11.1. The minimum Gasteiger partial charge on any atom is -0.493 e. The van der Waals surface area contributed by atoms with Gasteiger partial charge in [-0.2, -0.15) is 0 Å². The van der Waals surface area contributed by atoms with Gasteiger partial charge in [0.2, 0.25) is 0 Å². The third-order valence-electron chi connectivity index (χ3n) is 3.10. The number of methoxy groups -OCH3 is 2. The van der Waals surface area contributed by atoms with E-state index in [-0.39, 0.29) is 0 Å². The molecule has 0 aliphatic rings. The number of furan rings is 1. The second-order valence-electron chi connectivity index (χ2n) is 4.17. The molecule has 0 radical (unpaired) electrons. The Morgan fingerprint density at radius 3 is 2.61 bits per heavy atom. The molecule has 18 heavy (non-hydrogen) atoms. The van der Waals surface area contributed by atoms with Gasteiger partial charge in [-0.05, 0) is 24.1 Å². The van der Waals surface area contributed by atoms with Crippen molar-refractivity contribution in [3.8, 4) is 5.75 Å². The Balaban J connectivity index is 2.71. The number of fused-ring (bicyclic) bond motifs is 1. The lowest BCUT2D eigenvalue weighted by molar-refractivity contribution is 0.184. The van der Waals surface area contributed by atoms with Crippen LogP contribution in [-0.4, -0.2) is 14.2 Å². The Hall–Kier alpha value is -1.52. The number of nitrogens with two attached hydrogens (primary N) is 1. The van der Waals surface area contributed by atoms with Crippen molar-refractivity contribution in [1.29, 1.82) is 0 Å². The first-order valence-corrected chi connectivity index (χ1v) is 6.05. The predicted molar refractivity (Wildman–Crippen MR) is 70.7 cm³/mol. The standard InChI is InChI=1S/C14H19NO3/c1-4-9-5-10-11(8-16-2)13(7-15)18-14(10)12(6-9)17-3/h5-6H,4,7-8,15H2,1-3H3. The van der Waals surface area contributed by atoms with Crippen LogP contribution in [0, 0.1) is 0 Å². The molecule has 0 unspecified atom stereocenters. The average molecular weight is 249 g/mol. The van der Waals surface area contributed by atoms with Crippen LogP contribution in [0.4, 0.5) is 0 Å². The maximum atomic E-state index is 5.79. The van der Waals surface area contributed by atoms with Gasteiger partial charge < -0.3 is 19.6 Å². The van der Waals surface area contributed by atoms with Crippen molar-refractivity contribution in [3.05, 3.63) is 29.0 Å². The molecule has 0 fully saturated rings. The van der Waals surface area contributed by atoms with E-state index in [2.05, 4.69) is 13.0 Å². The summed E-state index contributed by atoms with van der Waals surface area (Å²) in [6.07, 6.45) is 0.946. The Bertz CT molecular complexity index is 545. The Labute approximate surface area is 107 Å². The summed E-state index contributed by atoms with van der Waals surface area (Å²) in [5, 5.41) is 1.04. The number of rotatable bonds is 5. The molecular weight excluding hydrogens is 230 g/mol. The first-order chi connectivity index (χ1) is 8.74. The summed E-state index contributed by atoms with van der Waals surface area (Å²) >= 11 is 0. The van der Waals surface area contributed by atoms with E-state index < -0.39 is 0 Å². The number of ether oxygens (including phenoxy) is 2. The smallest absolute Gasteiger partial charge is 0.176 e. The van der Waals surface area contributed by atoms with Crippen LogP contribution in [0.25, 0.3) is 11.0 Å². The second kappa shape index (κ2) is 5.42. The van der Waals surface area contributed by atoms with Crippen LogP contribution >= 0.6 is 0 Å². The van der Waals surface area contributed by atoms with Crippen molar-refractivity contribution in [3.63, 3.8) is 0 Å². The summed E-state index contributed by atoms with van der Waals surface area (Å²) in [4.78, 5) is 0. The third kappa shape index (κ3) is 2.09. The molecule has 0 saturated heterocycles. The van der Waals surface area contributed by atoms with Gasteiger partial charge in [-0.3, -0.25) is 0 Å². The zero-order valence-corrected chi connectivity index (χ0v) is 11.1. The van der Waals surface area contributed by atoms with Crippen molar-refractivity contribution in [2.24, 2.45) is 5.73 Å². The van der Waals surface area contributed by atoms with E-state index in [1.165, 1.54) is 5.56 Å². The van der Waals surface area contributed by atoms with Gasteiger partial charge in [0, 0.05) is 18.1 Å².